The normalized spacial score (nSPS) is 10.9. The van der Waals surface area contributed by atoms with Gasteiger partial charge in [-0.1, -0.05) is 77.6 Å². The highest BCUT2D eigenvalue weighted by Gasteiger charge is 1.93. The van der Waals surface area contributed by atoms with Crippen molar-refractivity contribution < 1.29 is 0 Å². The van der Waals surface area contributed by atoms with Gasteiger partial charge in [0.05, 0.1) is 0 Å². The molecule has 0 spiro atoms. The maximum atomic E-state index is 3.84. The molecule has 0 heterocycles. The van der Waals surface area contributed by atoms with Crippen molar-refractivity contribution in [2.75, 3.05) is 11.5 Å². The molecular weight excluding hydrogens is 224 g/mol. The highest BCUT2D eigenvalue weighted by molar-refractivity contribution is 7.99. The van der Waals surface area contributed by atoms with Gasteiger partial charge in [0.25, 0.3) is 0 Å². The van der Waals surface area contributed by atoms with Gasteiger partial charge >= 0.3 is 0 Å². The third-order valence-corrected chi connectivity index (χ3v) is 4.15. The Bertz CT molecular complexity index is 109. The van der Waals surface area contributed by atoms with E-state index < -0.39 is 0 Å². The Morgan fingerprint density at radius 3 is 1.47 bits per heavy atom. The van der Waals surface area contributed by atoms with Gasteiger partial charge < -0.3 is 0 Å². The Labute approximate surface area is 114 Å². The Kier molecular flexibility index (Phi) is 16.7. The molecule has 0 aliphatic rings. The van der Waals surface area contributed by atoms with Crippen molar-refractivity contribution in [3.63, 3.8) is 0 Å². The second-order valence-electron chi connectivity index (χ2n) is 5.00. The number of unbranched alkanes of at least 4 members (excludes halogenated alkanes) is 11. The Morgan fingerprint density at radius 2 is 1.06 bits per heavy atom. The van der Waals surface area contributed by atoms with Gasteiger partial charge in [0.1, 0.15) is 0 Å². The van der Waals surface area contributed by atoms with Crippen molar-refractivity contribution >= 4 is 11.8 Å². The maximum absolute atomic E-state index is 3.84. The molecule has 0 aliphatic carbocycles. The van der Waals surface area contributed by atoms with E-state index in [-0.39, 0.29) is 0 Å². The fraction of sp³-hybridized carbons (Fsp3) is 0.938. The van der Waals surface area contributed by atoms with Crippen molar-refractivity contribution in [1.82, 2.24) is 0 Å². The van der Waals surface area contributed by atoms with Crippen molar-refractivity contribution in [2.45, 2.75) is 84.0 Å². The van der Waals surface area contributed by atoms with Crippen LogP contribution in [0.5, 0.6) is 0 Å². The van der Waals surface area contributed by atoms with Crippen molar-refractivity contribution in [3.8, 4) is 0 Å². The predicted molar refractivity (Wildman–Crippen MR) is 83.8 cm³/mol. The molecule has 17 heavy (non-hydrogen) atoms. The van der Waals surface area contributed by atoms with E-state index in [1.165, 1.54) is 82.8 Å². The summed E-state index contributed by atoms with van der Waals surface area (Å²) >= 11 is 1.98. The largest absolute Gasteiger partial charge is 0.162 e. The summed E-state index contributed by atoms with van der Waals surface area (Å²) in [6, 6.07) is 0. The summed E-state index contributed by atoms with van der Waals surface area (Å²) in [4.78, 5) is 0. The van der Waals surface area contributed by atoms with E-state index in [9.17, 15) is 0 Å². The molecule has 0 bridgehead atoms. The average Bonchev–Trinajstić information content (AvgIpc) is 2.35. The molecule has 0 rings (SSSR count). The zero-order valence-corrected chi connectivity index (χ0v) is 12.8. The van der Waals surface area contributed by atoms with Crippen LogP contribution in [-0.4, -0.2) is 11.5 Å². The van der Waals surface area contributed by atoms with E-state index in [1.807, 2.05) is 11.8 Å². The molecule has 0 amide bonds. The van der Waals surface area contributed by atoms with Gasteiger partial charge in [0.2, 0.25) is 0 Å². The SMILES string of the molecule is [CH2]CSCCCCCCCCCCCCCC. The number of hydrogen-bond donors (Lipinski definition) is 0. The molecule has 0 aliphatic heterocycles. The minimum Gasteiger partial charge on any atom is -0.162 e. The lowest BCUT2D eigenvalue weighted by Gasteiger charge is -2.02. The Balaban J connectivity index is 2.85. The monoisotopic (exact) mass is 257 g/mol. The first-order valence-corrected chi connectivity index (χ1v) is 8.94. The highest BCUT2D eigenvalue weighted by atomic mass is 32.2. The summed E-state index contributed by atoms with van der Waals surface area (Å²) in [6.07, 6.45) is 17.4. The minimum atomic E-state index is 1.04. The summed E-state index contributed by atoms with van der Waals surface area (Å²) in [6.45, 7) is 6.13. The van der Waals surface area contributed by atoms with Crippen LogP contribution in [0, 0.1) is 6.92 Å². The van der Waals surface area contributed by atoms with Gasteiger partial charge in [-0.25, -0.2) is 0 Å². The molecule has 103 valence electrons. The van der Waals surface area contributed by atoms with E-state index in [0.29, 0.717) is 0 Å². The number of thioether (sulfide) groups is 1. The van der Waals surface area contributed by atoms with Gasteiger partial charge in [0, 0.05) is 0 Å². The average molecular weight is 258 g/mol. The molecule has 0 aromatic heterocycles. The molecule has 0 saturated carbocycles. The van der Waals surface area contributed by atoms with E-state index in [1.54, 1.807) is 0 Å². The Hall–Kier alpha value is 0.350. The fourth-order valence-corrected chi connectivity index (χ4v) is 2.76. The summed E-state index contributed by atoms with van der Waals surface area (Å²) < 4.78 is 0. The van der Waals surface area contributed by atoms with Crippen LogP contribution >= 0.6 is 11.8 Å². The molecule has 1 heteroatoms. The molecule has 0 nitrogen and oxygen atoms in total. The molecule has 1 radical (unpaired) electrons. The van der Waals surface area contributed by atoms with Gasteiger partial charge in [-0.15, -0.1) is 0 Å². The fourth-order valence-electron chi connectivity index (χ4n) is 2.15. The molecule has 0 aromatic rings. The summed E-state index contributed by atoms with van der Waals surface area (Å²) in [5.74, 6) is 2.36. The molecule has 0 unspecified atom stereocenters. The third-order valence-electron chi connectivity index (χ3n) is 3.29. The minimum absolute atomic E-state index is 1.04. The van der Waals surface area contributed by atoms with Crippen molar-refractivity contribution in [2.24, 2.45) is 0 Å². The standard InChI is InChI=1S/C16H33S/c1-3-5-6-7-8-9-10-11-12-13-14-15-16-17-4-2/h2-16H2,1H3. The van der Waals surface area contributed by atoms with Gasteiger partial charge in [-0.05, 0) is 24.9 Å². The highest BCUT2D eigenvalue weighted by Crippen LogP contribution is 2.12. The smallest absolute Gasteiger partial charge is 0.00672 e. The number of rotatable bonds is 14. The van der Waals surface area contributed by atoms with Crippen LogP contribution in [0.2, 0.25) is 0 Å². The van der Waals surface area contributed by atoms with Gasteiger partial charge in [-0.3, -0.25) is 0 Å². The molecule has 0 N–H and O–H groups in total. The van der Waals surface area contributed by atoms with Crippen LogP contribution in [0.15, 0.2) is 0 Å². The van der Waals surface area contributed by atoms with E-state index in [0.717, 1.165) is 5.75 Å². The first kappa shape index (κ1) is 17.4. The van der Waals surface area contributed by atoms with Gasteiger partial charge in [0.15, 0.2) is 0 Å². The molecular formula is C16H33S. The zero-order valence-electron chi connectivity index (χ0n) is 12.0. The number of hydrogen-bond acceptors (Lipinski definition) is 1. The lowest BCUT2D eigenvalue weighted by Crippen LogP contribution is -1.84. The zero-order chi connectivity index (χ0) is 12.6. The van der Waals surface area contributed by atoms with Gasteiger partial charge in [-0.2, -0.15) is 11.8 Å². The second-order valence-corrected chi connectivity index (χ2v) is 6.23. The van der Waals surface area contributed by atoms with Crippen LogP contribution in [-0.2, 0) is 0 Å². The van der Waals surface area contributed by atoms with E-state index in [2.05, 4.69) is 13.8 Å². The van der Waals surface area contributed by atoms with Crippen molar-refractivity contribution in [1.29, 1.82) is 0 Å². The maximum Gasteiger partial charge on any atom is -0.00672 e. The molecule has 0 saturated heterocycles. The topological polar surface area (TPSA) is 0 Å². The summed E-state index contributed by atoms with van der Waals surface area (Å²) in [5.41, 5.74) is 0. The summed E-state index contributed by atoms with van der Waals surface area (Å²) in [7, 11) is 0. The van der Waals surface area contributed by atoms with Crippen LogP contribution in [0.1, 0.15) is 84.0 Å². The first-order chi connectivity index (χ1) is 8.41. The Morgan fingerprint density at radius 1 is 0.647 bits per heavy atom. The van der Waals surface area contributed by atoms with Crippen LogP contribution in [0.25, 0.3) is 0 Å². The second kappa shape index (κ2) is 16.4. The lowest BCUT2D eigenvalue weighted by atomic mass is 10.1. The quantitative estimate of drug-likeness (QED) is 0.331. The van der Waals surface area contributed by atoms with Crippen LogP contribution in [0.3, 0.4) is 0 Å². The predicted octanol–water partition coefficient (Wildman–Crippen LogP) is 6.25. The molecule has 0 fully saturated rings. The van der Waals surface area contributed by atoms with Crippen LogP contribution < -0.4 is 0 Å². The first-order valence-electron chi connectivity index (χ1n) is 7.78. The van der Waals surface area contributed by atoms with Crippen LogP contribution in [0.4, 0.5) is 0 Å². The molecule has 0 atom stereocenters. The lowest BCUT2D eigenvalue weighted by molar-refractivity contribution is 0.548. The summed E-state index contributed by atoms with van der Waals surface area (Å²) in [5, 5.41) is 0. The third kappa shape index (κ3) is 16.4. The van der Waals surface area contributed by atoms with E-state index in [4.69, 9.17) is 0 Å². The van der Waals surface area contributed by atoms with E-state index >= 15 is 0 Å². The molecule has 0 aromatic carbocycles. The van der Waals surface area contributed by atoms with Crippen molar-refractivity contribution in [3.05, 3.63) is 6.92 Å².